The molecule has 1 aromatic rings. The first-order valence-corrected chi connectivity index (χ1v) is 12.6. The molecule has 3 amide bonds. The maximum atomic E-state index is 13.5. The van der Waals surface area contributed by atoms with Crippen molar-refractivity contribution in [3.05, 3.63) is 35.4 Å². The van der Waals surface area contributed by atoms with Gasteiger partial charge in [0, 0.05) is 26.1 Å². The Hall–Kier alpha value is -3.96. The van der Waals surface area contributed by atoms with Crippen LogP contribution in [0, 0.1) is 17.2 Å². The monoisotopic (exact) mass is 531 g/mol. The zero-order chi connectivity index (χ0) is 28.4. The number of amidine groups is 1. The Bertz CT molecular complexity index is 1030. The van der Waals surface area contributed by atoms with E-state index in [9.17, 15) is 29.1 Å². The number of nitrogens with zero attached hydrogens (tertiary/aromatic N) is 1. The van der Waals surface area contributed by atoms with Crippen LogP contribution in [-0.4, -0.2) is 76.8 Å². The molecular weight excluding hydrogens is 494 g/mol. The smallest absolute Gasteiger partial charge is 0.326 e. The number of amides is 3. The molecule has 38 heavy (non-hydrogen) atoms. The topological polar surface area (TPSA) is 203 Å². The maximum Gasteiger partial charge on any atom is 0.326 e. The predicted molar refractivity (Wildman–Crippen MR) is 138 cm³/mol. The number of rotatable bonds is 13. The van der Waals surface area contributed by atoms with E-state index in [1.165, 1.54) is 19.0 Å². The quantitative estimate of drug-likeness (QED) is 0.121. The Kier molecular flexibility index (Phi) is 11.2. The fourth-order valence-corrected chi connectivity index (χ4v) is 4.57. The van der Waals surface area contributed by atoms with E-state index in [-0.39, 0.29) is 24.6 Å². The van der Waals surface area contributed by atoms with Crippen molar-refractivity contribution in [2.45, 2.75) is 63.5 Å². The summed E-state index contributed by atoms with van der Waals surface area (Å²) in [4.78, 5) is 63.6. The van der Waals surface area contributed by atoms with Crippen LogP contribution in [0.2, 0.25) is 0 Å². The van der Waals surface area contributed by atoms with Gasteiger partial charge in [0.25, 0.3) is 0 Å². The first-order valence-electron chi connectivity index (χ1n) is 12.6. The Morgan fingerprint density at radius 2 is 1.61 bits per heavy atom. The second kappa shape index (κ2) is 14.1. The molecule has 0 aromatic heterocycles. The summed E-state index contributed by atoms with van der Waals surface area (Å²) in [6, 6.07) is 4.08. The lowest BCUT2D eigenvalue weighted by atomic mass is 9.83. The highest BCUT2D eigenvalue weighted by molar-refractivity contribution is 6.02. The van der Waals surface area contributed by atoms with Crippen molar-refractivity contribution in [3.8, 4) is 0 Å². The van der Waals surface area contributed by atoms with Crippen molar-refractivity contribution in [1.82, 2.24) is 15.5 Å². The van der Waals surface area contributed by atoms with E-state index in [0.717, 1.165) is 19.3 Å². The van der Waals surface area contributed by atoms with Crippen LogP contribution in [0.1, 0.15) is 56.1 Å². The molecular formula is C26H37N5O7. The average Bonchev–Trinajstić information content (AvgIpc) is 2.87. The van der Waals surface area contributed by atoms with Gasteiger partial charge in [0.15, 0.2) is 0 Å². The van der Waals surface area contributed by atoms with Crippen LogP contribution in [0.4, 0.5) is 0 Å². The van der Waals surface area contributed by atoms with Gasteiger partial charge in [-0.05, 0) is 37.2 Å². The molecule has 2 rings (SSSR count). The molecule has 0 bridgehead atoms. The lowest BCUT2D eigenvalue weighted by Gasteiger charge is -2.32. The summed E-state index contributed by atoms with van der Waals surface area (Å²) in [6.45, 7) is 0. The van der Waals surface area contributed by atoms with Crippen LogP contribution in [0.15, 0.2) is 24.3 Å². The van der Waals surface area contributed by atoms with Gasteiger partial charge >= 0.3 is 11.9 Å². The van der Waals surface area contributed by atoms with Crippen molar-refractivity contribution in [1.29, 1.82) is 5.41 Å². The number of hydrogen-bond acceptors (Lipinski definition) is 6. The number of carboxylic acid groups (broad SMARTS) is 2. The van der Waals surface area contributed by atoms with Crippen LogP contribution in [-0.2, 0) is 30.4 Å². The molecule has 1 fully saturated rings. The molecule has 12 heteroatoms. The highest BCUT2D eigenvalue weighted by atomic mass is 16.4. The lowest BCUT2D eigenvalue weighted by molar-refractivity contribution is -0.144. The SMILES string of the molecule is CN(C)C(=O)C(Cc1ccc(C(=N)N)cc1)C(=O)NC(C(=O)NC(CCC(=O)O)C(=O)O)C1CCCCC1. The van der Waals surface area contributed by atoms with E-state index < -0.39 is 54.1 Å². The normalized spacial score (nSPS) is 15.9. The third-order valence-corrected chi connectivity index (χ3v) is 6.72. The maximum absolute atomic E-state index is 13.5. The summed E-state index contributed by atoms with van der Waals surface area (Å²) in [6.07, 6.45) is 3.24. The Balaban J connectivity index is 2.28. The minimum atomic E-state index is -1.43. The molecule has 0 saturated heterocycles. The lowest BCUT2D eigenvalue weighted by Crippen LogP contribution is -2.57. The van der Waals surface area contributed by atoms with Gasteiger partial charge in [0.1, 0.15) is 23.8 Å². The minimum absolute atomic E-state index is 0.0381. The van der Waals surface area contributed by atoms with Crippen LogP contribution in [0.5, 0.6) is 0 Å². The molecule has 208 valence electrons. The van der Waals surface area contributed by atoms with Gasteiger partial charge in [-0.15, -0.1) is 0 Å². The molecule has 1 aromatic carbocycles. The van der Waals surface area contributed by atoms with Gasteiger partial charge in [-0.3, -0.25) is 24.6 Å². The van der Waals surface area contributed by atoms with E-state index in [4.69, 9.17) is 16.2 Å². The molecule has 1 aliphatic rings. The second-order valence-electron chi connectivity index (χ2n) is 9.82. The van der Waals surface area contributed by atoms with Crippen molar-refractivity contribution < 1.29 is 34.2 Å². The van der Waals surface area contributed by atoms with E-state index in [2.05, 4.69) is 10.6 Å². The number of aliphatic carboxylic acids is 2. The van der Waals surface area contributed by atoms with E-state index >= 15 is 0 Å². The number of hydrogen-bond donors (Lipinski definition) is 6. The largest absolute Gasteiger partial charge is 0.481 e. The van der Waals surface area contributed by atoms with Crippen molar-refractivity contribution in [2.75, 3.05) is 14.1 Å². The molecule has 7 N–H and O–H groups in total. The van der Waals surface area contributed by atoms with Crippen LogP contribution in [0.3, 0.4) is 0 Å². The third kappa shape index (κ3) is 8.86. The highest BCUT2D eigenvalue weighted by Crippen LogP contribution is 2.27. The van der Waals surface area contributed by atoms with Gasteiger partial charge in [-0.1, -0.05) is 43.5 Å². The van der Waals surface area contributed by atoms with Gasteiger partial charge < -0.3 is 31.5 Å². The predicted octanol–water partition coefficient (Wildman–Crippen LogP) is 0.717. The minimum Gasteiger partial charge on any atom is -0.481 e. The molecule has 0 radical (unpaired) electrons. The molecule has 0 spiro atoms. The standard InChI is InChI=1S/C26H37N5O7/c1-31(2)25(36)18(14-15-8-10-17(11-9-15)22(27)28)23(34)30-21(16-6-4-3-5-7-16)24(35)29-19(26(37)38)12-13-20(32)33/h8-11,16,18-19,21H,3-7,12-14H2,1-2H3,(H3,27,28)(H,29,35)(H,30,34)(H,32,33)(H,37,38). The number of nitrogens with two attached hydrogens (primary N) is 1. The fourth-order valence-electron chi connectivity index (χ4n) is 4.57. The first-order chi connectivity index (χ1) is 17.9. The molecule has 1 aliphatic carbocycles. The van der Waals surface area contributed by atoms with Crippen molar-refractivity contribution in [3.63, 3.8) is 0 Å². The van der Waals surface area contributed by atoms with Crippen LogP contribution < -0.4 is 16.4 Å². The first kappa shape index (κ1) is 30.3. The van der Waals surface area contributed by atoms with Crippen LogP contribution >= 0.6 is 0 Å². The average molecular weight is 532 g/mol. The Labute approximate surface area is 221 Å². The van der Waals surface area contributed by atoms with Gasteiger partial charge in [-0.2, -0.15) is 0 Å². The van der Waals surface area contributed by atoms with Gasteiger partial charge in [-0.25, -0.2) is 4.79 Å². The number of carbonyl (C=O) groups excluding carboxylic acids is 3. The van der Waals surface area contributed by atoms with E-state index in [1.54, 1.807) is 24.3 Å². The van der Waals surface area contributed by atoms with E-state index in [0.29, 0.717) is 24.0 Å². The van der Waals surface area contributed by atoms with Crippen molar-refractivity contribution >= 4 is 35.5 Å². The molecule has 1 saturated carbocycles. The summed E-state index contributed by atoms with van der Waals surface area (Å²) in [5.41, 5.74) is 6.65. The van der Waals surface area contributed by atoms with Crippen molar-refractivity contribution in [2.24, 2.45) is 17.6 Å². The summed E-state index contributed by atoms with van der Waals surface area (Å²) < 4.78 is 0. The molecule has 3 unspecified atom stereocenters. The number of nitrogen functional groups attached to an aromatic ring is 1. The number of carboxylic acids is 2. The molecule has 3 atom stereocenters. The summed E-state index contributed by atoms with van der Waals surface area (Å²) in [7, 11) is 3.04. The van der Waals surface area contributed by atoms with Crippen LogP contribution in [0.25, 0.3) is 0 Å². The number of benzene rings is 1. The second-order valence-corrected chi connectivity index (χ2v) is 9.82. The van der Waals surface area contributed by atoms with Gasteiger partial charge in [0.05, 0.1) is 0 Å². The zero-order valence-electron chi connectivity index (χ0n) is 21.7. The zero-order valence-corrected chi connectivity index (χ0v) is 21.7. The fraction of sp³-hybridized carbons (Fsp3) is 0.538. The molecule has 0 heterocycles. The number of carbonyl (C=O) groups is 5. The van der Waals surface area contributed by atoms with E-state index in [1.807, 2.05) is 0 Å². The third-order valence-electron chi connectivity index (χ3n) is 6.72. The summed E-state index contributed by atoms with van der Waals surface area (Å²) in [5.74, 6) is -5.94. The molecule has 0 aliphatic heterocycles. The highest BCUT2D eigenvalue weighted by Gasteiger charge is 2.37. The Morgan fingerprint density at radius 3 is 2.11 bits per heavy atom. The summed E-state index contributed by atoms with van der Waals surface area (Å²) >= 11 is 0. The summed E-state index contributed by atoms with van der Waals surface area (Å²) in [5, 5.41) is 31.0. The van der Waals surface area contributed by atoms with Gasteiger partial charge in [0.2, 0.25) is 17.7 Å². The molecule has 12 nitrogen and oxygen atoms in total. The Morgan fingerprint density at radius 1 is 1.00 bits per heavy atom. The number of nitrogens with one attached hydrogen (secondary N) is 3.